The molecule has 6 heteroatoms. The lowest BCUT2D eigenvalue weighted by Gasteiger charge is -2.27. The van der Waals surface area contributed by atoms with Gasteiger partial charge in [-0.1, -0.05) is 12.1 Å². The summed E-state index contributed by atoms with van der Waals surface area (Å²) in [6.07, 6.45) is 3.02. The van der Waals surface area contributed by atoms with E-state index in [0.717, 1.165) is 18.8 Å². The lowest BCUT2D eigenvalue weighted by atomic mass is 9.85. The maximum Gasteiger partial charge on any atom is 0.220 e. The molecule has 0 spiro atoms. The van der Waals surface area contributed by atoms with Gasteiger partial charge in [-0.15, -0.1) is 12.4 Å². The molecule has 1 aliphatic rings. The second-order valence-corrected chi connectivity index (χ2v) is 5.50. The highest BCUT2D eigenvalue weighted by atomic mass is 35.5. The highest BCUT2D eigenvalue weighted by Crippen LogP contribution is 2.22. The monoisotopic (exact) mass is 301 g/mol. The normalized spacial score (nSPS) is 20.0. The molecule has 2 heterocycles. The van der Waals surface area contributed by atoms with Gasteiger partial charge in [-0.3, -0.25) is 4.79 Å². The number of piperidine rings is 1. The predicted molar refractivity (Wildman–Crippen MR) is 79.7 cm³/mol. The van der Waals surface area contributed by atoms with Crippen LogP contribution in [0.5, 0.6) is 0 Å². The Kier molecular flexibility index (Phi) is 7.02. The molecular formula is C14H24ClN3O2. The average molecular weight is 302 g/mol. The molecule has 1 aliphatic heterocycles. The van der Waals surface area contributed by atoms with Crippen LogP contribution >= 0.6 is 12.4 Å². The van der Waals surface area contributed by atoms with Crippen molar-refractivity contribution in [1.29, 1.82) is 0 Å². The van der Waals surface area contributed by atoms with Crippen molar-refractivity contribution in [3.63, 3.8) is 0 Å². The summed E-state index contributed by atoms with van der Waals surface area (Å²) >= 11 is 0. The summed E-state index contributed by atoms with van der Waals surface area (Å²) in [6, 6.07) is 1.84. The van der Waals surface area contributed by atoms with E-state index in [1.165, 1.54) is 12.8 Å². The fourth-order valence-corrected chi connectivity index (χ4v) is 2.58. The van der Waals surface area contributed by atoms with Gasteiger partial charge in [0.15, 0.2) is 5.76 Å². The smallest absolute Gasteiger partial charge is 0.220 e. The molecule has 2 N–H and O–H groups in total. The van der Waals surface area contributed by atoms with Crippen LogP contribution in [0.1, 0.15) is 37.6 Å². The third-order valence-corrected chi connectivity index (χ3v) is 3.78. The number of carbonyl (C=O) groups excluding carboxylic acids is 1. The van der Waals surface area contributed by atoms with E-state index < -0.39 is 0 Å². The molecule has 114 valence electrons. The zero-order valence-electron chi connectivity index (χ0n) is 12.1. The number of hydrogen-bond donors (Lipinski definition) is 2. The van der Waals surface area contributed by atoms with Crippen molar-refractivity contribution in [3.8, 4) is 0 Å². The summed E-state index contributed by atoms with van der Waals surface area (Å²) in [5.74, 6) is 1.83. The van der Waals surface area contributed by atoms with E-state index in [0.29, 0.717) is 30.6 Å². The molecule has 0 saturated carbocycles. The topological polar surface area (TPSA) is 67.2 Å². The third-order valence-electron chi connectivity index (χ3n) is 3.78. The van der Waals surface area contributed by atoms with Gasteiger partial charge < -0.3 is 15.2 Å². The number of nitrogens with one attached hydrogen (secondary N) is 2. The summed E-state index contributed by atoms with van der Waals surface area (Å²) in [6.45, 7) is 6.61. The first kappa shape index (κ1) is 17.0. The predicted octanol–water partition coefficient (Wildman–Crippen LogP) is 2.05. The Bertz CT molecular complexity index is 416. The number of nitrogens with zero attached hydrogens (tertiary/aromatic N) is 1. The highest BCUT2D eigenvalue weighted by Gasteiger charge is 2.21. The molecule has 20 heavy (non-hydrogen) atoms. The van der Waals surface area contributed by atoms with Crippen molar-refractivity contribution in [2.75, 3.05) is 13.1 Å². The number of aryl methyl sites for hydroxylation is 1. The summed E-state index contributed by atoms with van der Waals surface area (Å²) in [5, 5.41) is 10.1. The van der Waals surface area contributed by atoms with Gasteiger partial charge in [0.1, 0.15) is 0 Å². The minimum atomic E-state index is 0. The number of hydrogen-bond acceptors (Lipinski definition) is 4. The van der Waals surface area contributed by atoms with E-state index in [1.807, 2.05) is 13.0 Å². The van der Waals surface area contributed by atoms with Crippen molar-refractivity contribution in [2.24, 2.45) is 11.8 Å². The standard InChI is InChI=1S/C14H23N3O2.ClH/c1-10(12-4-3-5-15-8-12)6-14(18)16-9-13-7-11(2)17-19-13;/h7,10,12,15H,3-6,8-9H2,1-2H3,(H,16,18);1H. The van der Waals surface area contributed by atoms with Gasteiger partial charge in [0, 0.05) is 12.5 Å². The van der Waals surface area contributed by atoms with Gasteiger partial charge in [-0.25, -0.2) is 0 Å². The molecule has 0 radical (unpaired) electrons. The maximum absolute atomic E-state index is 11.9. The quantitative estimate of drug-likeness (QED) is 0.873. The second kappa shape index (κ2) is 8.27. The molecule has 1 aromatic heterocycles. The van der Waals surface area contributed by atoms with Gasteiger partial charge in [0.05, 0.1) is 12.2 Å². The molecule has 1 saturated heterocycles. The fourth-order valence-electron chi connectivity index (χ4n) is 2.58. The Morgan fingerprint density at radius 1 is 1.65 bits per heavy atom. The molecular weight excluding hydrogens is 278 g/mol. The first-order valence-corrected chi connectivity index (χ1v) is 7.04. The average Bonchev–Trinajstić information content (AvgIpc) is 2.83. The lowest BCUT2D eigenvalue weighted by molar-refractivity contribution is -0.122. The van der Waals surface area contributed by atoms with Crippen LogP contribution < -0.4 is 10.6 Å². The maximum atomic E-state index is 11.9. The van der Waals surface area contributed by atoms with Crippen LogP contribution in [0.15, 0.2) is 10.6 Å². The molecule has 0 aromatic carbocycles. The van der Waals surface area contributed by atoms with Gasteiger partial charge in [-0.05, 0) is 44.7 Å². The van der Waals surface area contributed by atoms with Crippen LogP contribution in [0.2, 0.25) is 0 Å². The Morgan fingerprint density at radius 3 is 3.05 bits per heavy atom. The summed E-state index contributed by atoms with van der Waals surface area (Å²) < 4.78 is 5.06. The van der Waals surface area contributed by atoms with Crippen LogP contribution in [0.25, 0.3) is 0 Å². The van der Waals surface area contributed by atoms with E-state index >= 15 is 0 Å². The van der Waals surface area contributed by atoms with E-state index in [-0.39, 0.29) is 18.3 Å². The largest absolute Gasteiger partial charge is 0.359 e. The molecule has 1 fully saturated rings. The van der Waals surface area contributed by atoms with Crippen LogP contribution in [0.3, 0.4) is 0 Å². The fraction of sp³-hybridized carbons (Fsp3) is 0.714. The van der Waals surface area contributed by atoms with Crippen LogP contribution in [-0.2, 0) is 11.3 Å². The number of carbonyl (C=O) groups is 1. The minimum absolute atomic E-state index is 0. The number of halogens is 1. The van der Waals surface area contributed by atoms with Crippen LogP contribution in [0, 0.1) is 18.8 Å². The molecule has 2 rings (SSSR count). The molecule has 1 aromatic rings. The summed E-state index contributed by atoms with van der Waals surface area (Å²) in [5.41, 5.74) is 0.839. The number of aromatic nitrogens is 1. The van der Waals surface area contributed by atoms with Gasteiger partial charge in [-0.2, -0.15) is 0 Å². The Labute approximate surface area is 126 Å². The molecule has 0 aliphatic carbocycles. The number of amides is 1. The van der Waals surface area contributed by atoms with Crippen LogP contribution in [-0.4, -0.2) is 24.2 Å². The van der Waals surface area contributed by atoms with Crippen molar-refractivity contribution in [3.05, 3.63) is 17.5 Å². The molecule has 5 nitrogen and oxygen atoms in total. The van der Waals surface area contributed by atoms with Crippen molar-refractivity contribution in [1.82, 2.24) is 15.8 Å². The van der Waals surface area contributed by atoms with Crippen molar-refractivity contribution >= 4 is 18.3 Å². The molecule has 1 amide bonds. The van der Waals surface area contributed by atoms with Crippen molar-refractivity contribution in [2.45, 2.75) is 39.7 Å². The van der Waals surface area contributed by atoms with E-state index in [9.17, 15) is 4.79 Å². The number of rotatable bonds is 5. The highest BCUT2D eigenvalue weighted by molar-refractivity contribution is 5.85. The lowest BCUT2D eigenvalue weighted by Crippen LogP contribution is -2.35. The van der Waals surface area contributed by atoms with E-state index in [1.54, 1.807) is 0 Å². The van der Waals surface area contributed by atoms with Gasteiger partial charge >= 0.3 is 0 Å². The van der Waals surface area contributed by atoms with E-state index in [2.05, 4.69) is 22.7 Å². The zero-order chi connectivity index (χ0) is 13.7. The SMILES string of the molecule is Cc1cc(CNC(=O)CC(C)C2CCCNC2)on1.Cl. The van der Waals surface area contributed by atoms with Gasteiger partial charge in [0.2, 0.25) is 5.91 Å². The minimum Gasteiger partial charge on any atom is -0.359 e. The second-order valence-electron chi connectivity index (χ2n) is 5.50. The summed E-state index contributed by atoms with van der Waals surface area (Å²) in [7, 11) is 0. The Hall–Kier alpha value is -1.07. The van der Waals surface area contributed by atoms with E-state index in [4.69, 9.17) is 4.52 Å². The summed E-state index contributed by atoms with van der Waals surface area (Å²) in [4.78, 5) is 11.9. The molecule has 2 unspecified atom stereocenters. The van der Waals surface area contributed by atoms with Gasteiger partial charge in [0.25, 0.3) is 0 Å². The van der Waals surface area contributed by atoms with Crippen molar-refractivity contribution < 1.29 is 9.32 Å². The Morgan fingerprint density at radius 2 is 2.45 bits per heavy atom. The third kappa shape index (κ3) is 5.13. The molecule has 2 atom stereocenters. The zero-order valence-corrected chi connectivity index (χ0v) is 13.0. The first-order valence-electron chi connectivity index (χ1n) is 7.04. The Balaban J connectivity index is 0.00000200. The molecule has 0 bridgehead atoms. The van der Waals surface area contributed by atoms with Crippen LogP contribution in [0.4, 0.5) is 0 Å². The first-order chi connectivity index (χ1) is 9.15.